The van der Waals surface area contributed by atoms with Crippen LogP contribution >= 0.6 is 0 Å². The van der Waals surface area contributed by atoms with Gasteiger partial charge < -0.3 is 10.1 Å². The molecule has 1 aliphatic carbocycles. The third-order valence-electron chi connectivity index (χ3n) is 5.77. The van der Waals surface area contributed by atoms with Crippen molar-refractivity contribution in [3.8, 4) is 5.75 Å². The summed E-state index contributed by atoms with van der Waals surface area (Å²) >= 11 is 0. The Morgan fingerprint density at radius 1 is 1.18 bits per heavy atom. The first-order chi connectivity index (χ1) is 13.4. The van der Waals surface area contributed by atoms with Crippen molar-refractivity contribution >= 4 is 15.9 Å². The van der Waals surface area contributed by atoms with E-state index in [1.54, 1.807) is 0 Å². The molecule has 0 bridgehead atoms. The second kappa shape index (κ2) is 9.74. The van der Waals surface area contributed by atoms with Crippen LogP contribution in [0.25, 0.3) is 0 Å². The maximum absolute atomic E-state index is 12.2. The van der Waals surface area contributed by atoms with Gasteiger partial charge in [0.2, 0.25) is 15.9 Å². The molecule has 1 heterocycles. The number of carbonyl (C=O) groups excluding carboxylic acids is 1. The minimum absolute atomic E-state index is 0.0488. The molecule has 0 spiro atoms. The van der Waals surface area contributed by atoms with Gasteiger partial charge in [-0.25, -0.2) is 12.7 Å². The van der Waals surface area contributed by atoms with Crippen LogP contribution < -0.4 is 10.1 Å². The van der Waals surface area contributed by atoms with Gasteiger partial charge in [-0.1, -0.05) is 12.1 Å². The molecule has 7 heteroatoms. The Balaban J connectivity index is 1.36. The van der Waals surface area contributed by atoms with E-state index in [2.05, 4.69) is 5.32 Å². The normalized spacial score (nSPS) is 19.6. The van der Waals surface area contributed by atoms with Gasteiger partial charge >= 0.3 is 0 Å². The monoisotopic (exact) mass is 408 g/mol. The lowest BCUT2D eigenvalue weighted by atomic mass is 9.98. The van der Waals surface area contributed by atoms with E-state index < -0.39 is 10.0 Å². The van der Waals surface area contributed by atoms with E-state index in [-0.39, 0.29) is 5.91 Å². The summed E-state index contributed by atoms with van der Waals surface area (Å²) in [6, 6.07) is 8.07. The van der Waals surface area contributed by atoms with Crippen LogP contribution in [0.1, 0.15) is 50.5 Å². The van der Waals surface area contributed by atoms with Crippen LogP contribution in [0.5, 0.6) is 5.75 Å². The van der Waals surface area contributed by atoms with E-state index in [1.165, 1.54) is 23.4 Å². The van der Waals surface area contributed by atoms with Gasteiger partial charge in [0.05, 0.1) is 12.4 Å². The molecule has 3 rings (SSSR count). The van der Waals surface area contributed by atoms with Gasteiger partial charge in [-0.05, 0) is 68.6 Å². The van der Waals surface area contributed by atoms with Crippen molar-refractivity contribution in [3.63, 3.8) is 0 Å². The van der Waals surface area contributed by atoms with Crippen LogP contribution in [0.3, 0.4) is 0 Å². The number of hydrogen-bond acceptors (Lipinski definition) is 4. The average Bonchev–Trinajstić information content (AvgIpc) is 3.18. The van der Waals surface area contributed by atoms with Crippen LogP contribution in [0, 0.1) is 5.92 Å². The molecule has 1 N–H and O–H groups in total. The van der Waals surface area contributed by atoms with Crippen molar-refractivity contribution < 1.29 is 17.9 Å². The Morgan fingerprint density at radius 2 is 1.89 bits per heavy atom. The highest BCUT2D eigenvalue weighted by atomic mass is 32.2. The van der Waals surface area contributed by atoms with Crippen LogP contribution in [0.4, 0.5) is 0 Å². The largest absolute Gasteiger partial charge is 0.490 e. The fourth-order valence-electron chi connectivity index (χ4n) is 4.02. The SMILES string of the molecule is CS(=O)(=O)N1CCC(CNC(=O)CCc2cccc(OC3CCCC3)c2)CC1. The zero-order valence-corrected chi connectivity index (χ0v) is 17.5. The van der Waals surface area contributed by atoms with Gasteiger partial charge in [0, 0.05) is 26.1 Å². The van der Waals surface area contributed by atoms with Gasteiger partial charge in [-0.3, -0.25) is 4.79 Å². The molecule has 2 aliphatic rings. The summed E-state index contributed by atoms with van der Waals surface area (Å²) in [5.41, 5.74) is 1.12. The highest BCUT2D eigenvalue weighted by Crippen LogP contribution is 2.25. The fraction of sp³-hybridized carbons (Fsp3) is 0.667. The van der Waals surface area contributed by atoms with E-state index in [0.717, 1.165) is 37.0 Å². The lowest BCUT2D eigenvalue weighted by Gasteiger charge is -2.30. The first-order valence-electron chi connectivity index (χ1n) is 10.4. The summed E-state index contributed by atoms with van der Waals surface area (Å²) in [7, 11) is -3.10. The first-order valence-corrected chi connectivity index (χ1v) is 12.2. The quantitative estimate of drug-likeness (QED) is 0.718. The number of carbonyl (C=O) groups is 1. The van der Waals surface area contributed by atoms with Crippen LogP contribution in [0.2, 0.25) is 0 Å². The van der Waals surface area contributed by atoms with Gasteiger partial charge in [-0.15, -0.1) is 0 Å². The summed E-state index contributed by atoms with van der Waals surface area (Å²) in [6.07, 6.45) is 9.11. The molecule has 1 aromatic carbocycles. The lowest BCUT2D eigenvalue weighted by molar-refractivity contribution is -0.121. The van der Waals surface area contributed by atoms with Crippen molar-refractivity contribution in [1.29, 1.82) is 0 Å². The second-order valence-corrected chi connectivity index (χ2v) is 10.1. The minimum atomic E-state index is -3.10. The van der Waals surface area contributed by atoms with Crippen molar-refractivity contribution in [2.75, 3.05) is 25.9 Å². The van der Waals surface area contributed by atoms with E-state index in [1.807, 2.05) is 24.3 Å². The maximum Gasteiger partial charge on any atom is 0.220 e. The summed E-state index contributed by atoms with van der Waals surface area (Å²) in [6.45, 7) is 1.72. The smallest absolute Gasteiger partial charge is 0.220 e. The Kier molecular flexibility index (Phi) is 7.35. The molecule has 1 amide bonds. The molecule has 2 fully saturated rings. The zero-order chi connectivity index (χ0) is 20.0. The average molecular weight is 409 g/mol. The van der Waals surface area contributed by atoms with Gasteiger partial charge in [0.25, 0.3) is 0 Å². The highest BCUT2D eigenvalue weighted by molar-refractivity contribution is 7.88. The number of hydrogen-bond donors (Lipinski definition) is 1. The number of aryl methyl sites for hydroxylation is 1. The van der Waals surface area contributed by atoms with Gasteiger partial charge in [0.15, 0.2) is 0 Å². The number of nitrogens with zero attached hydrogens (tertiary/aromatic N) is 1. The zero-order valence-electron chi connectivity index (χ0n) is 16.7. The molecule has 1 aliphatic heterocycles. The first kappa shape index (κ1) is 21.1. The fourth-order valence-corrected chi connectivity index (χ4v) is 4.90. The minimum Gasteiger partial charge on any atom is -0.490 e. The Labute approximate surface area is 168 Å². The van der Waals surface area contributed by atoms with Gasteiger partial charge in [-0.2, -0.15) is 0 Å². The molecule has 1 aromatic rings. The highest BCUT2D eigenvalue weighted by Gasteiger charge is 2.25. The number of amides is 1. The Morgan fingerprint density at radius 3 is 2.57 bits per heavy atom. The Bertz CT molecular complexity index is 751. The summed E-state index contributed by atoms with van der Waals surface area (Å²) in [4.78, 5) is 12.2. The molecule has 156 valence electrons. The molecule has 6 nitrogen and oxygen atoms in total. The number of sulfonamides is 1. The van der Waals surface area contributed by atoms with E-state index in [4.69, 9.17) is 4.74 Å². The molecule has 0 radical (unpaired) electrons. The summed E-state index contributed by atoms with van der Waals surface area (Å²) in [5.74, 6) is 1.31. The van der Waals surface area contributed by atoms with E-state index in [9.17, 15) is 13.2 Å². The molecule has 1 saturated carbocycles. The number of ether oxygens (including phenoxy) is 1. The standard InChI is InChI=1S/C21H32N2O4S/c1-28(25,26)23-13-11-18(12-14-23)16-22-21(24)10-9-17-5-4-8-20(15-17)27-19-6-2-3-7-19/h4-5,8,15,18-19H,2-3,6-7,9-14,16H2,1H3,(H,22,24). The number of benzene rings is 1. The van der Waals surface area contributed by atoms with Crippen LogP contribution in [-0.2, 0) is 21.2 Å². The maximum atomic E-state index is 12.2. The topological polar surface area (TPSA) is 75.7 Å². The molecule has 1 saturated heterocycles. The summed E-state index contributed by atoms with van der Waals surface area (Å²) in [5, 5.41) is 3.01. The number of nitrogens with one attached hydrogen (secondary N) is 1. The van der Waals surface area contributed by atoms with Crippen molar-refractivity contribution in [2.45, 2.75) is 57.5 Å². The predicted molar refractivity (Wildman–Crippen MR) is 110 cm³/mol. The third-order valence-corrected chi connectivity index (χ3v) is 7.08. The van der Waals surface area contributed by atoms with Crippen LogP contribution in [-0.4, -0.2) is 50.6 Å². The van der Waals surface area contributed by atoms with Crippen LogP contribution in [0.15, 0.2) is 24.3 Å². The molecule has 0 aromatic heterocycles. The molecular weight excluding hydrogens is 376 g/mol. The van der Waals surface area contributed by atoms with Crippen molar-refractivity contribution in [3.05, 3.63) is 29.8 Å². The van der Waals surface area contributed by atoms with Crippen molar-refractivity contribution in [1.82, 2.24) is 9.62 Å². The number of rotatable bonds is 8. The van der Waals surface area contributed by atoms with Crippen molar-refractivity contribution in [2.24, 2.45) is 5.92 Å². The summed E-state index contributed by atoms with van der Waals surface area (Å²) < 4.78 is 30.6. The predicted octanol–water partition coefficient (Wildman–Crippen LogP) is 2.73. The molecule has 28 heavy (non-hydrogen) atoms. The van der Waals surface area contributed by atoms with Gasteiger partial charge in [0.1, 0.15) is 5.75 Å². The van der Waals surface area contributed by atoms with E-state index >= 15 is 0 Å². The molecular formula is C21H32N2O4S. The lowest BCUT2D eigenvalue weighted by Crippen LogP contribution is -2.41. The third kappa shape index (κ3) is 6.48. The second-order valence-electron chi connectivity index (χ2n) is 8.08. The number of piperidine rings is 1. The van der Waals surface area contributed by atoms with E-state index in [0.29, 0.717) is 44.5 Å². The molecule has 0 unspecified atom stereocenters. The molecule has 0 atom stereocenters. The Hall–Kier alpha value is -1.60.